The highest BCUT2D eigenvalue weighted by atomic mass is 19.1. The van der Waals surface area contributed by atoms with E-state index in [-0.39, 0.29) is 17.3 Å². The molecule has 0 saturated carbocycles. The Morgan fingerprint density at radius 2 is 2.10 bits per heavy atom. The highest BCUT2D eigenvalue weighted by Crippen LogP contribution is 2.15. The summed E-state index contributed by atoms with van der Waals surface area (Å²) in [6, 6.07) is 1.41. The number of nitrogens with zero attached hydrogens (tertiary/aromatic N) is 1. The number of carbonyl (C=O) groups excluding carboxylic acids is 1. The van der Waals surface area contributed by atoms with Gasteiger partial charge in [-0.25, -0.2) is 9.37 Å². The summed E-state index contributed by atoms with van der Waals surface area (Å²) >= 11 is 0. The van der Waals surface area contributed by atoms with Gasteiger partial charge in [0, 0.05) is 19.3 Å². The van der Waals surface area contributed by atoms with Gasteiger partial charge in [-0.2, -0.15) is 0 Å². The standard InChI is InChI=1S/C16H26FN3O/c1-4-9-18-15-14(17)13(8-11-19-15)16(21)20-10-6-5-7-12(2)3/h8,11-12H,4-7,9-10H2,1-3H3,(H,18,19)(H,20,21). The fourth-order valence-corrected chi connectivity index (χ4v) is 1.96. The van der Waals surface area contributed by atoms with Crippen molar-refractivity contribution in [1.29, 1.82) is 0 Å². The van der Waals surface area contributed by atoms with E-state index in [1.165, 1.54) is 12.3 Å². The minimum absolute atomic E-state index is 0.0486. The van der Waals surface area contributed by atoms with Crippen LogP contribution in [0.15, 0.2) is 12.3 Å². The SMILES string of the molecule is CCCNc1nccc(C(=O)NCCCCC(C)C)c1F. The molecule has 0 radical (unpaired) electrons. The van der Waals surface area contributed by atoms with E-state index in [4.69, 9.17) is 0 Å². The molecule has 1 amide bonds. The minimum atomic E-state index is -0.578. The number of halogens is 1. The molecule has 118 valence electrons. The lowest BCUT2D eigenvalue weighted by atomic mass is 10.1. The summed E-state index contributed by atoms with van der Waals surface area (Å²) in [5, 5.41) is 5.64. The number of unbranched alkanes of at least 4 members (excludes halogenated alkanes) is 1. The van der Waals surface area contributed by atoms with Crippen LogP contribution in [-0.4, -0.2) is 24.0 Å². The van der Waals surface area contributed by atoms with Crippen LogP contribution in [0.25, 0.3) is 0 Å². The van der Waals surface area contributed by atoms with Crippen molar-refractivity contribution in [2.45, 2.75) is 46.5 Å². The predicted octanol–water partition coefficient (Wildman–Crippen LogP) is 3.60. The third kappa shape index (κ3) is 6.10. The van der Waals surface area contributed by atoms with Crippen molar-refractivity contribution in [2.75, 3.05) is 18.4 Å². The van der Waals surface area contributed by atoms with Crippen molar-refractivity contribution in [2.24, 2.45) is 5.92 Å². The molecule has 0 bridgehead atoms. The van der Waals surface area contributed by atoms with Crippen LogP contribution < -0.4 is 10.6 Å². The van der Waals surface area contributed by atoms with Gasteiger partial charge in [0.15, 0.2) is 11.6 Å². The average Bonchev–Trinajstić information content (AvgIpc) is 2.45. The van der Waals surface area contributed by atoms with Gasteiger partial charge in [-0.15, -0.1) is 0 Å². The molecule has 0 spiro atoms. The molecule has 0 fully saturated rings. The first-order valence-electron chi connectivity index (χ1n) is 7.72. The lowest BCUT2D eigenvalue weighted by molar-refractivity contribution is 0.0949. The maximum Gasteiger partial charge on any atom is 0.254 e. The smallest absolute Gasteiger partial charge is 0.254 e. The third-order valence-corrected chi connectivity index (χ3v) is 3.17. The van der Waals surface area contributed by atoms with Crippen molar-refractivity contribution < 1.29 is 9.18 Å². The van der Waals surface area contributed by atoms with Gasteiger partial charge in [0.1, 0.15) is 0 Å². The van der Waals surface area contributed by atoms with Crippen molar-refractivity contribution >= 4 is 11.7 Å². The van der Waals surface area contributed by atoms with Crippen LogP contribution in [0.4, 0.5) is 10.2 Å². The fraction of sp³-hybridized carbons (Fsp3) is 0.625. The van der Waals surface area contributed by atoms with E-state index in [1.54, 1.807) is 0 Å². The summed E-state index contributed by atoms with van der Waals surface area (Å²) in [4.78, 5) is 15.9. The monoisotopic (exact) mass is 295 g/mol. The number of anilines is 1. The molecule has 0 aliphatic rings. The zero-order chi connectivity index (χ0) is 15.7. The van der Waals surface area contributed by atoms with Crippen LogP contribution in [0.2, 0.25) is 0 Å². The van der Waals surface area contributed by atoms with E-state index in [1.807, 2.05) is 6.92 Å². The van der Waals surface area contributed by atoms with E-state index < -0.39 is 5.82 Å². The number of amides is 1. The van der Waals surface area contributed by atoms with Crippen LogP contribution >= 0.6 is 0 Å². The van der Waals surface area contributed by atoms with E-state index in [2.05, 4.69) is 29.5 Å². The quantitative estimate of drug-likeness (QED) is 0.684. The summed E-state index contributed by atoms with van der Waals surface area (Å²) in [6.45, 7) is 7.54. The van der Waals surface area contributed by atoms with Crippen molar-refractivity contribution in [1.82, 2.24) is 10.3 Å². The van der Waals surface area contributed by atoms with Gasteiger partial charge in [0.05, 0.1) is 5.56 Å². The fourth-order valence-electron chi connectivity index (χ4n) is 1.96. The third-order valence-electron chi connectivity index (χ3n) is 3.17. The van der Waals surface area contributed by atoms with Gasteiger partial charge in [-0.3, -0.25) is 4.79 Å². The summed E-state index contributed by atoms with van der Waals surface area (Å²) < 4.78 is 14.1. The normalized spacial score (nSPS) is 10.7. The van der Waals surface area contributed by atoms with Crippen LogP contribution in [0.1, 0.15) is 56.8 Å². The molecule has 0 unspecified atom stereocenters. The number of aromatic nitrogens is 1. The topological polar surface area (TPSA) is 54.0 Å². The molecule has 1 heterocycles. The minimum Gasteiger partial charge on any atom is -0.368 e. The molecule has 0 saturated heterocycles. The number of rotatable bonds is 9. The van der Waals surface area contributed by atoms with Gasteiger partial charge >= 0.3 is 0 Å². The van der Waals surface area contributed by atoms with E-state index >= 15 is 0 Å². The molecule has 1 aromatic heterocycles. The lowest BCUT2D eigenvalue weighted by Crippen LogP contribution is -2.26. The second-order valence-corrected chi connectivity index (χ2v) is 5.59. The molecule has 0 aliphatic carbocycles. The first-order chi connectivity index (χ1) is 10.1. The number of carbonyl (C=O) groups is 1. The van der Waals surface area contributed by atoms with E-state index in [0.29, 0.717) is 19.0 Å². The van der Waals surface area contributed by atoms with Crippen LogP contribution in [0.3, 0.4) is 0 Å². The molecular formula is C16H26FN3O. The number of nitrogens with one attached hydrogen (secondary N) is 2. The molecule has 4 nitrogen and oxygen atoms in total. The number of hydrogen-bond acceptors (Lipinski definition) is 3. The van der Waals surface area contributed by atoms with Crippen LogP contribution in [-0.2, 0) is 0 Å². The Hall–Kier alpha value is -1.65. The summed E-state index contributed by atoms with van der Waals surface area (Å²) in [5.74, 6) is -0.139. The highest BCUT2D eigenvalue weighted by molar-refractivity contribution is 5.95. The Morgan fingerprint density at radius 1 is 1.33 bits per heavy atom. The lowest BCUT2D eigenvalue weighted by Gasteiger charge is -2.10. The van der Waals surface area contributed by atoms with Crippen molar-refractivity contribution in [3.63, 3.8) is 0 Å². The van der Waals surface area contributed by atoms with Gasteiger partial charge in [-0.1, -0.05) is 33.6 Å². The summed E-state index contributed by atoms with van der Waals surface area (Å²) in [7, 11) is 0. The average molecular weight is 295 g/mol. The maximum absolute atomic E-state index is 14.1. The summed E-state index contributed by atoms with van der Waals surface area (Å²) in [6.07, 6.45) is 5.45. The predicted molar refractivity (Wildman–Crippen MR) is 84.0 cm³/mol. The molecular weight excluding hydrogens is 269 g/mol. The Kier molecular flexibility index (Phi) is 7.72. The molecule has 21 heavy (non-hydrogen) atoms. The van der Waals surface area contributed by atoms with E-state index in [9.17, 15) is 9.18 Å². The zero-order valence-corrected chi connectivity index (χ0v) is 13.2. The van der Waals surface area contributed by atoms with E-state index in [0.717, 1.165) is 25.7 Å². The second kappa shape index (κ2) is 9.32. The first-order valence-corrected chi connectivity index (χ1v) is 7.72. The Balaban J connectivity index is 2.50. The number of pyridine rings is 1. The van der Waals surface area contributed by atoms with Crippen molar-refractivity contribution in [3.05, 3.63) is 23.6 Å². The Bertz CT molecular complexity index is 449. The first kappa shape index (κ1) is 17.4. The molecule has 1 rings (SSSR count). The molecule has 0 atom stereocenters. The zero-order valence-electron chi connectivity index (χ0n) is 13.2. The molecule has 5 heteroatoms. The summed E-state index contributed by atoms with van der Waals surface area (Å²) in [5.41, 5.74) is 0.0486. The Labute approximate surface area is 126 Å². The largest absolute Gasteiger partial charge is 0.368 e. The second-order valence-electron chi connectivity index (χ2n) is 5.59. The van der Waals surface area contributed by atoms with Crippen LogP contribution in [0, 0.1) is 11.7 Å². The van der Waals surface area contributed by atoms with Gasteiger partial charge in [-0.05, 0) is 24.8 Å². The Morgan fingerprint density at radius 3 is 2.76 bits per heavy atom. The molecule has 2 N–H and O–H groups in total. The van der Waals surface area contributed by atoms with Gasteiger partial charge in [0.2, 0.25) is 0 Å². The molecule has 1 aromatic rings. The number of hydrogen-bond donors (Lipinski definition) is 2. The molecule has 0 aromatic carbocycles. The van der Waals surface area contributed by atoms with Gasteiger partial charge in [0.25, 0.3) is 5.91 Å². The van der Waals surface area contributed by atoms with Crippen LogP contribution in [0.5, 0.6) is 0 Å². The molecule has 0 aliphatic heterocycles. The van der Waals surface area contributed by atoms with Gasteiger partial charge < -0.3 is 10.6 Å². The highest BCUT2D eigenvalue weighted by Gasteiger charge is 2.15. The maximum atomic E-state index is 14.1. The van der Waals surface area contributed by atoms with Crippen molar-refractivity contribution in [3.8, 4) is 0 Å².